The monoisotopic (exact) mass is 317 g/mol. The van der Waals surface area contributed by atoms with Gasteiger partial charge in [-0.3, -0.25) is 4.79 Å². The summed E-state index contributed by atoms with van der Waals surface area (Å²) in [5.41, 5.74) is 0.786. The second kappa shape index (κ2) is 6.64. The number of rotatable bonds is 3. The highest BCUT2D eigenvalue weighted by Crippen LogP contribution is 2.26. The minimum atomic E-state index is 0.0569. The summed E-state index contributed by atoms with van der Waals surface area (Å²) in [5, 5.41) is 7.72. The summed E-state index contributed by atoms with van der Waals surface area (Å²) >= 11 is 0. The fourth-order valence-electron chi connectivity index (χ4n) is 3.89. The lowest BCUT2D eigenvalue weighted by molar-refractivity contribution is 0.0945. The van der Waals surface area contributed by atoms with Crippen LogP contribution in [0, 0.1) is 5.92 Å². The first-order valence-corrected chi connectivity index (χ1v) is 9.01. The Hall–Kier alpha value is -2.35. The topological polar surface area (TPSA) is 29.1 Å². The van der Waals surface area contributed by atoms with Gasteiger partial charge < -0.3 is 5.32 Å². The second-order valence-electron chi connectivity index (χ2n) is 6.94. The first-order valence-electron chi connectivity index (χ1n) is 9.01. The maximum Gasteiger partial charge on any atom is 0.251 e. The van der Waals surface area contributed by atoms with Gasteiger partial charge >= 0.3 is 0 Å². The van der Waals surface area contributed by atoms with Crippen LogP contribution in [0.1, 0.15) is 42.5 Å². The number of amides is 1. The highest BCUT2D eigenvalue weighted by Gasteiger charge is 2.16. The number of hydrogen-bond donors (Lipinski definition) is 1. The van der Waals surface area contributed by atoms with Crippen molar-refractivity contribution >= 4 is 27.5 Å². The highest BCUT2D eigenvalue weighted by molar-refractivity contribution is 6.10. The van der Waals surface area contributed by atoms with Gasteiger partial charge in [0.05, 0.1) is 0 Å². The maximum absolute atomic E-state index is 12.7. The van der Waals surface area contributed by atoms with Crippen molar-refractivity contribution in [2.24, 2.45) is 5.92 Å². The zero-order chi connectivity index (χ0) is 16.4. The van der Waals surface area contributed by atoms with Crippen molar-refractivity contribution in [2.45, 2.75) is 32.1 Å². The normalized spacial score (nSPS) is 15.7. The molecule has 1 fully saturated rings. The third-order valence-electron chi connectivity index (χ3n) is 5.27. The number of fused-ring (bicyclic) bond motifs is 2. The molecule has 0 spiro atoms. The molecule has 0 saturated heterocycles. The Morgan fingerprint density at radius 2 is 1.58 bits per heavy atom. The van der Waals surface area contributed by atoms with Crippen molar-refractivity contribution in [1.82, 2.24) is 5.32 Å². The van der Waals surface area contributed by atoms with E-state index in [-0.39, 0.29) is 5.91 Å². The van der Waals surface area contributed by atoms with Crippen molar-refractivity contribution in [3.05, 3.63) is 60.2 Å². The van der Waals surface area contributed by atoms with Crippen molar-refractivity contribution in [1.29, 1.82) is 0 Å². The van der Waals surface area contributed by atoms with Crippen LogP contribution >= 0.6 is 0 Å². The first kappa shape index (κ1) is 15.2. The Balaban J connectivity index is 1.62. The maximum atomic E-state index is 12.7. The van der Waals surface area contributed by atoms with Gasteiger partial charge in [0.15, 0.2) is 0 Å². The van der Waals surface area contributed by atoms with Gasteiger partial charge in [0.2, 0.25) is 0 Å². The fourth-order valence-corrected chi connectivity index (χ4v) is 3.89. The van der Waals surface area contributed by atoms with Crippen LogP contribution in [0.2, 0.25) is 0 Å². The molecule has 0 aromatic heterocycles. The number of hydrogen-bond acceptors (Lipinski definition) is 1. The standard InChI is InChI=1S/C22H23NO/c24-22(23-15-16-7-2-1-3-8-16)20-12-6-11-19-13-17-9-4-5-10-18(17)14-21(19)20/h4-6,9-14,16H,1-3,7-8,15H2,(H,23,24). The van der Waals surface area contributed by atoms with E-state index in [4.69, 9.17) is 0 Å². The molecule has 1 saturated carbocycles. The predicted octanol–water partition coefficient (Wildman–Crippen LogP) is 5.30. The van der Waals surface area contributed by atoms with E-state index in [0.29, 0.717) is 5.92 Å². The third kappa shape index (κ3) is 3.01. The summed E-state index contributed by atoms with van der Waals surface area (Å²) in [6, 6.07) is 18.6. The molecule has 122 valence electrons. The lowest BCUT2D eigenvalue weighted by Crippen LogP contribution is -2.30. The van der Waals surface area contributed by atoms with E-state index in [1.165, 1.54) is 42.9 Å². The van der Waals surface area contributed by atoms with Gasteiger partial charge in [0.25, 0.3) is 5.91 Å². The molecule has 2 heteroatoms. The van der Waals surface area contributed by atoms with E-state index in [1.807, 2.05) is 18.2 Å². The lowest BCUT2D eigenvalue weighted by atomic mass is 9.89. The number of benzene rings is 3. The average Bonchev–Trinajstić information content (AvgIpc) is 2.64. The Kier molecular flexibility index (Phi) is 4.20. The third-order valence-corrected chi connectivity index (χ3v) is 5.27. The zero-order valence-electron chi connectivity index (χ0n) is 13.9. The molecule has 0 bridgehead atoms. The molecule has 3 aromatic rings. The minimum absolute atomic E-state index is 0.0569. The summed E-state index contributed by atoms with van der Waals surface area (Å²) in [6.07, 6.45) is 6.46. The van der Waals surface area contributed by atoms with E-state index in [1.54, 1.807) is 0 Å². The molecule has 1 N–H and O–H groups in total. The summed E-state index contributed by atoms with van der Waals surface area (Å²) < 4.78 is 0. The van der Waals surface area contributed by atoms with Crippen LogP contribution in [-0.4, -0.2) is 12.5 Å². The second-order valence-corrected chi connectivity index (χ2v) is 6.94. The number of nitrogens with one attached hydrogen (secondary N) is 1. The van der Waals surface area contributed by atoms with E-state index in [9.17, 15) is 4.79 Å². The molecule has 0 unspecified atom stereocenters. The first-order chi connectivity index (χ1) is 11.8. The summed E-state index contributed by atoms with van der Waals surface area (Å²) in [5.74, 6) is 0.708. The van der Waals surface area contributed by atoms with Gasteiger partial charge in [-0.2, -0.15) is 0 Å². The lowest BCUT2D eigenvalue weighted by Gasteiger charge is -2.21. The molecular weight excluding hydrogens is 294 g/mol. The van der Waals surface area contributed by atoms with Gasteiger partial charge in [0.1, 0.15) is 0 Å². The Morgan fingerprint density at radius 1 is 0.875 bits per heavy atom. The molecule has 0 atom stereocenters. The summed E-state index contributed by atoms with van der Waals surface area (Å²) in [6.45, 7) is 0.808. The number of carbonyl (C=O) groups is 1. The fraction of sp³-hybridized carbons (Fsp3) is 0.318. The molecule has 1 aliphatic carbocycles. The van der Waals surface area contributed by atoms with E-state index in [2.05, 4.69) is 41.7 Å². The van der Waals surface area contributed by atoms with Crippen molar-refractivity contribution in [3.63, 3.8) is 0 Å². The van der Waals surface area contributed by atoms with Gasteiger partial charge in [-0.25, -0.2) is 0 Å². The smallest absolute Gasteiger partial charge is 0.251 e. The Morgan fingerprint density at radius 3 is 2.38 bits per heavy atom. The molecule has 0 radical (unpaired) electrons. The van der Waals surface area contributed by atoms with Crippen molar-refractivity contribution < 1.29 is 4.79 Å². The van der Waals surface area contributed by atoms with Crippen LogP contribution < -0.4 is 5.32 Å². The Labute approximate surface area is 142 Å². The number of carbonyl (C=O) groups excluding carboxylic acids is 1. The van der Waals surface area contributed by atoms with Crippen molar-refractivity contribution in [3.8, 4) is 0 Å². The molecule has 1 amide bonds. The van der Waals surface area contributed by atoms with Gasteiger partial charge in [-0.1, -0.05) is 55.7 Å². The van der Waals surface area contributed by atoms with E-state index >= 15 is 0 Å². The van der Waals surface area contributed by atoms with Crippen LogP contribution in [0.25, 0.3) is 21.5 Å². The van der Waals surface area contributed by atoms with Crippen LogP contribution in [0.5, 0.6) is 0 Å². The van der Waals surface area contributed by atoms with Crippen LogP contribution in [0.4, 0.5) is 0 Å². The minimum Gasteiger partial charge on any atom is -0.352 e. The van der Waals surface area contributed by atoms with Crippen molar-refractivity contribution in [2.75, 3.05) is 6.54 Å². The predicted molar refractivity (Wildman–Crippen MR) is 100 cm³/mol. The van der Waals surface area contributed by atoms with Crippen LogP contribution in [-0.2, 0) is 0 Å². The summed E-state index contributed by atoms with van der Waals surface area (Å²) in [7, 11) is 0. The van der Waals surface area contributed by atoms with Crippen LogP contribution in [0.3, 0.4) is 0 Å². The average molecular weight is 317 g/mol. The van der Waals surface area contributed by atoms with E-state index in [0.717, 1.165) is 22.9 Å². The molecule has 2 nitrogen and oxygen atoms in total. The molecule has 0 aliphatic heterocycles. The van der Waals surface area contributed by atoms with Gasteiger partial charge in [-0.15, -0.1) is 0 Å². The quantitative estimate of drug-likeness (QED) is 0.652. The SMILES string of the molecule is O=C(NCC1CCCCC1)c1cccc2cc3ccccc3cc12. The van der Waals surface area contributed by atoms with Crippen LogP contribution in [0.15, 0.2) is 54.6 Å². The van der Waals surface area contributed by atoms with E-state index < -0.39 is 0 Å². The van der Waals surface area contributed by atoms with Gasteiger partial charge in [0, 0.05) is 12.1 Å². The molecule has 24 heavy (non-hydrogen) atoms. The highest BCUT2D eigenvalue weighted by atomic mass is 16.1. The molecule has 0 heterocycles. The molecule has 4 rings (SSSR count). The molecule has 3 aromatic carbocycles. The zero-order valence-corrected chi connectivity index (χ0v) is 13.9. The molecular formula is C22H23NO. The van der Waals surface area contributed by atoms with Gasteiger partial charge in [-0.05, 0) is 58.5 Å². The Bertz CT molecular complexity index is 877. The molecule has 1 aliphatic rings. The largest absolute Gasteiger partial charge is 0.352 e. The summed E-state index contributed by atoms with van der Waals surface area (Å²) in [4.78, 5) is 12.7.